The van der Waals surface area contributed by atoms with Crippen molar-refractivity contribution in [2.45, 2.75) is 39.7 Å². The second-order valence-electron chi connectivity index (χ2n) is 5.79. The average molecular weight is 342 g/mol. The summed E-state index contributed by atoms with van der Waals surface area (Å²) >= 11 is 0. The third kappa shape index (κ3) is 4.11. The number of rotatable bonds is 5. The van der Waals surface area contributed by atoms with Crippen molar-refractivity contribution >= 4 is 29.3 Å². The van der Waals surface area contributed by atoms with Crippen LogP contribution < -0.4 is 16.6 Å². The van der Waals surface area contributed by atoms with Gasteiger partial charge in [-0.25, -0.2) is 4.98 Å². The molecule has 8 heteroatoms. The number of amides is 1. The number of carbonyl (C=O) groups is 1. The van der Waals surface area contributed by atoms with E-state index in [-0.39, 0.29) is 36.3 Å². The Balaban J connectivity index is 0.00000264. The minimum Gasteiger partial charge on any atom is -0.356 e. The Morgan fingerprint density at radius 1 is 1.43 bits per heavy atom. The summed E-state index contributed by atoms with van der Waals surface area (Å²) in [7, 11) is 1.75. The van der Waals surface area contributed by atoms with Gasteiger partial charge in [-0.15, -0.1) is 12.4 Å². The summed E-state index contributed by atoms with van der Waals surface area (Å²) in [6.45, 7) is 6.17. The number of nitrogens with one attached hydrogen (secondary N) is 2. The van der Waals surface area contributed by atoms with E-state index in [0.717, 1.165) is 23.2 Å². The first-order valence-electron chi connectivity index (χ1n) is 7.38. The maximum absolute atomic E-state index is 12.1. The van der Waals surface area contributed by atoms with E-state index >= 15 is 0 Å². The van der Waals surface area contributed by atoms with Crippen molar-refractivity contribution < 1.29 is 4.79 Å². The third-order valence-corrected chi connectivity index (χ3v) is 3.83. The highest BCUT2D eigenvalue weighted by Crippen LogP contribution is 2.20. The maximum atomic E-state index is 12.1. The standard InChI is InChI=1S/C15H23N5O2.ClH/c1-8(16)5-6-17-12(21)7-11-9(2)13-14(18-10(11)3)20(4)19-15(13)22;/h8H,5-7,16H2,1-4H3,(H,17,21)(H,19,22);1H. The van der Waals surface area contributed by atoms with Gasteiger partial charge in [0.2, 0.25) is 5.91 Å². The average Bonchev–Trinajstić information content (AvgIpc) is 2.69. The first kappa shape index (κ1) is 19.2. The van der Waals surface area contributed by atoms with Crippen molar-refractivity contribution in [3.8, 4) is 0 Å². The number of aromatic nitrogens is 3. The summed E-state index contributed by atoms with van der Waals surface area (Å²) in [5.41, 5.74) is 8.48. The van der Waals surface area contributed by atoms with Gasteiger partial charge in [-0.05, 0) is 38.3 Å². The smallest absolute Gasteiger partial charge is 0.273 e. The van der Waals surface area contributed by atoms with Gasteiger partial charge in [-0.2, -0.15) is 0 Å². The van der Waals surface area contributed by atoms with Crippen LogP contribution in [-0.2, 0) is 18.3 Å². The molecular formula is C15H24ClN5O2. The molecule has 2 heterocycles. The highest BCUT2D eigenvalue weighted by Gasteiger charge is 2.17. The maximum Gasteiger partial charge on any atom is 0.273 e. The molecule has 0 aromatic carbocycles. The zero-order valence-electron chi connectivity index (χ0n) is 13.9. The Labute approximate surface area is 141 Å². The lowest BCUT2D eigenvalue weighted by Crippen LogP contribution is -2.30. The zero-order chi connectivity index (χ0) is 16.4. The molecular weight excluding hydrogens is 318 g/mol. The van der Waals surface area contributed by atoms with E-state index < -0.39 is 0 Å². The molecule has 0 bridgehead atoms. The summed E-state index contributed by atoms with van der Waals surface area (Å²) < 4.78 is 1.60. The fourth-order valence-electron chi connectivity index (χ4n) is 2.57. The zero-order valence-corrected chi connectivity index (χ0v) is 14.7. The molecule has 1 amide bonds. The van der Waals surface area contributed by atoms with Gasteiger partial charge in [0.25, 0.3) is 5.56 Å². The van der Waals surface area contributed by atoms with Gasteiger partial charge in [0, 0.05) is 25.3 Å². The molecule has 7 nitrogen and oxygen atoms in total. The molecule has 0 aliphatic rings. The van der Waals surface area contributed by atoms with Crippen molar-refractivity contribution in [1.82, 2.24) is 20.1 Å². The molecule has 128 valence electrons. The number of halogens is 1. The number of nitrogens with zero attached hydrogens (tertiary/aromatic N) is 2. The van der Waals surface area contributed by atoms with E-state index in [0.29, 0.717) is 17.6 Å². The largest absolute Gasteiger partial charge is 0.356 e. The Morgan fingerprint density at radius 2 is 2.09 bits per heavy atom. The molecule has 1 atom stereocenters. The van der Waals surface area contributed by atoms with Crippen molar-refractivity contribution in [1.29, 1.82) is 0 Å². The van der Waals surface area contributed by atoms with Crippen LogP contribution in [0.5, 0.6) is 0 Å². The molecule has 0 radical (unpaired) electrons. The number of H-pyrrole nitrogens is 1. The Kier molecular flexibility index (Phi) is 6.35. The predicted octanol–water partition coefficient (Wildman–Crippen LogP) is 0.696. The van der Waals surface area contributed by atoms with Crippen molar-refractivity contribution in [3.63, 3.8) is 0 Å². The number of pyridine rings is 1. The minimum absolute atomic E-state index is 0. The van der Waals surface area contributed by atoms with Gasteiger partial charge >= 0.3 is 0 Å². The Morgan fingerprint density at radius 3 is 2.70 bits per heavy atom. The van der Waals surface area contributed by atoms with E-state index in [1.54, 1.807) is 11.7 Å². The molecule has 1 unspecified atom stereocenters. The molecule has 2 rings (SSSR count). The van der Waals surface area contributed by atoms with Gasteiger partial charge in [0.05, 0.1) is 11.8 Å². The van der Waals surface area contributed by atoms with Crippen LogP contribution in [0, 0.1) is 13.8 Å². The van der Waals surface area contributed by atoms with Crippen molar-refractivity contribution in [2.75, 3.05) is 6.54 Å². The molecule has 4 N–H and O–H groups in total. The summed E-state index contributed by atoms with van der Waals surface area (Å²) in [4.78, 5) is 28.5. The lowest BCUT2D eigenvalue weighted by atomic mass is 10.0. The molecule has 0 saturated carbocycles. The van der Waals surface area contributed by atoms with Gasteiger partial charge in [0.15, 0.2) is 5.65 Å². The van der Waals surface area contributed by atoms with Crippen LogP contribution in [0.25, 0.3) is 11.0 Å². The lowest BCUT2D eigenvalue weighted by Gasteiger charge is -2.11. The van der Waals surface area contributed by atoms with E-state index in [9.17, 15) is 9.59 Å². The second-order valence-corrected chi connectivity index (χ2v) is 5.79. The van der Waals surface area contributed by atoms with Gasteiger partial charge in [-0.3, -0.25) is 19.4 Å². The van der Waals surface area contributed by atoms with Crippen LogP contribution in [0.4, 0.5) is 0 Å². The molecule has 0 spiro atoms. The predicted molar refractivity (Wildman–Crippen MR) is 93.0 cm³/mol. The number of nitrogens with two attached hydrogens (primary N) is 1. The number of hydrogen-bond donors (Lipinski definition) is 3. The van der Waals surface area contributed by atoms with Crippen LogP contribution in [0.15, 0.2) is 4.79 Å². The number of aromatic amines is 1. The molecule has 23 heavy (non-hydrogen) atoms. The summed E-state index contributed by atoms with van der Waals surface area (Å²) in [6, 6.07) is 0.0599. The van der Waals surface area contributed by atoms with Crippen LogP contribution in [0.2, 0.25) is 0 Å². The fourth-order valence-corrected chi connectivity index (χ4v) is 2.57. The SMILES string of the molecule is Cc1nc2c(c(C)c1CC(=O)NCCC(C)N)c(=O)[nH]n2C.Cl. The van der Waals surface area contributed by atoms with E-state index in [4.69, 9.17) is 5.73 Å². The number of aryl methyl sites for hydroxylation is 3. The summed E-state index contributed by atoms with van der Waals surface area (Å²) in [5, 5.41) is 6.09. The molecule has 0 saturated heterocycles. The molecule has 2 aromatic heterocycles. The number of hydrogen-bond acceptors (Lipinski definition) is 4. The van der Waals surface area contributed by atoms with Crippen LogP contribution in [-0.4, -0.2) is 33.3 Å². The highest BCUT2D eigenvalue weighted by molar-refractivity contribution is 5.85. The molecule has 2 aromatic rings. The minimum atomic E-state index is -0.180. The normalized spacial score (nSPS) is 12.0. The molecule has 0 aliphatic heterocycles. The number of fused-ring (bicyclic) bond motifs is 1. The Bertz CT molecular complexity index is 763. The molecule has 0 fully saturated rings. The summed E-state index contributed by atoms with van der Waals surface area (Å²) in [6.07, 6.45) is 0.952. The van der Waals surface area contributed by atoms with E-state index in [1.807, 2.05) is 20.8 Å². The quantitative estimate of drug-likeness (QED) is 0.744. The van der Waals surface area contributed by atoms with Gasteiger partial charge in [0.1, 0.15) is 0 Å². The first-order chi connectivity index (χ1) is 10.3. The van der Waals surface area contributed by atoms with Crippen LogP contribution in [0.1, 0.15) is 30.2 Å². The van der Waals surface area contributed by atoms with Crippen molar-refractivity contribution in [2.24, 2.45) is 12.8 Å². The highest BCUT2D eigenvalue weighted by atomic mass is 35.5. The number of carbonyl (C=O) groups excluding carboxylic acids is 1. The third-order valence-electron chi connectivity index (χ3n) is 3.83. The molecule has 0 aliphatic carbocycles. The topological polar surface area (TPSA) is 106 Å². The van der Waals surface area contributed by atoms with Crippen molar-refractivity contribution in [3.05, 3.63) is 27.2 Å². The first-order valence-corrected chi connectivity index (χ1v) is 7.38. The second kappa shape index (κ2) is 7.61. The Hall–Kier alpha value is -1.86. The van der Waals surface area contributed by atoms with Gasteiger partial charge in [-0.1, -0.05) is 0 Å². The van der Waals surface area contributed by atoms with E-state index in [2.05, 4.69) is 15.4 Å². The lowest BCUT2D eigenvalue weighted by molar-refractivity contribution is -0.120. The van der Waals surface area contributed by atoms with Crippen LogP contribution in [0.3, 0.4) is 0 Å². The summed E-state index contributed by atoms with van der Waals surface area (Å²) in [5.74, 6) is -0.0830. The van der Waals surface area contributed by atoms with E-state index in [1.165, 1.54) is 0 Å². The van der Waals surface area contributed by atoms with Crippen LogP contribution >= 0.6 is 12.4 Å². The monoisotopic (exact) mass is 341 g/mol. The van der Waals surface area contributed by atoms with Gasteiger partial charge < -0.3 is 11.1 Å². The fraction of sp³-hybridized carbons (Fsp3) is 0.533.